The van der Waals surface area contributed by atoms with Gasteiger partial charge in [0, 0.05) is 28.6 Å². The van der Waals surface area contributed by atoms with Gasteiger partial charge in [-0.05, 0) is 42.2 Å². The number of rotatable bonds is 0. The standard InChI is InChI=1S/C19H14N2O.C2H6/c22-19-15-7-4-8-17-18(15)14(11-12-20-19)16(21-17)10-9-13-5-2-1-3-6-13;1-2/h1-8,21H,11-12H2,(H,20,22);1-2H3. The zero-order valence-corrected chi connectivity index (χ0v) is 13.9. The summed E-state index contributed by atoms with van der Waals surface area (Å²) in [5.74, 6) is 6.41. The summed E-state index contributed by atoms with van der Waals surface area (Å²) in [5, 5.41) is 3.95. The van der Waals surface area contributed by atoms with E-state index in [9.17, 15) is 4.79 Å². The first-order valence-electron chi connectivity index (χ1n) is 8.32. The van der Waals surface area contributed by atoms with Crippen LogP contribution in [0.1, 0.15) is 41.0 Å². The molecule has 0 saturated heterocycles. The molecule has 2 N–H and O–H groups in total. The number of aromatic nitrogens is 1. The van der Waals surface area contributed by atoms with Crippen LogP contribution in [0.3, 0.4) is 0 Å². The number of carbonyl (C=O) groups is 1. The molecule has 0 spiro atoms. The van der Waals surface area contributed by atoms with Crippen LogP contribution in [-0.2, 0) is 6.42 Å². The van der Waals surface area contributed by atoms with Crippen LogP contribution in [0.2, 0.25) is 0 Å². The first-order valence-corrected chi connectivity index (χ1v) is 8.32. The molecule has 0 atom stereocenters. The molecule has 3 nitrogen and oxygen atoms in total. The van der Waals surface area contributed by atoms with E-state index in [4.69, 9.17) is 0 Å². The van der Waals surface area contributed by atoms with Gasteiger partial charge in [-0.2, -0.15) is 0 Å². The lowest BCUT2D eigenvalue weighted by molar-refractivity contribution is 0.0957. The van der Waals surface area contributed by atoms with Crippen molar-refractivity contribution in [2.45, 2.75) is 20.3 Å². The van der Waals surface area contributed by atoms with Crippen LogP contribution in [0.4, 0.5) is 0 Å². The third-order valence-electron chi connectivity index (χ3n) is 3.94. The first-order chi connectivity index (χ1) is 11.8. The predicted molar refractivity (Wildman–Crippen MR) is 98.1 cm³/mol. The van der Waals surface area contributed by atoms with Gasteiger partial charge in [0.1, 0.15) is 0 Å². The highest BCUT2D eigenvalue weighted by Gasteiger charge is 2.20. The van der Waals surface area contributed by atoms with E-state index in [2.05, 4.69) is 22.1 Å². The summed E-state index contributed by atoms with van der Waals surface area (Å²) < 4.78 is 0. The molecule has 120 valence electrons. The molecule has 2 aromatic carbocycles. The summed E-state index contributed by atoms with van der Waals surface area (Å²) in [6.07, 6.45) is 0.793. The van der Waals surface area contributed by atoms with Gasteiger partial charge in [0.25, 0.3) is 5.91 Å². The Morgan fingerprint density at radius 1 is 0.958 bits per heavy atom. The number of benzene rings is 2. The largest absolute Gasteiger partial charge is 0.352 e. The molecular weight excluding hydrogens is 296 g/mol. The van der Waals surface area contributed by atoms with Gasteiger partial charge in [-0.15, -0.1) is 0 Å². The van der Waals surface area contributed by atoms with E-state index in [1.807, 2.05) is 62.4 Å². The molecule has 0 saturated carbocycles. The molecule has 0 radical (unpaired) electrons. The van der Waals surface area contributed by atoms with E-state index in [1.165, 1.54) is 0 Å². The van der Waals surface area contributed by atoms with E-state index >= 15 is 0 Å². The Bertz CT molecular complexity index is 927. The number of hydrogen-bond donors (Lipinski definition) is 2. The summed E-state index contributed by atoms with van der Waals surface area (Å²) in [6.45, 7) is 4.64. The smallest absolute Gasteiger partial charge is 0.251 e. The number of H-pyrrole nitrogens is 1. The average molecular weight is 316 g/mol. The molecule has 3 heteroatoms. The van der Waals surface area contributed by atoms with Gasteiger partial charge in [0.15, 0.2) is 0 Å². The number of hydrogen-bond acceptors (Lipinski definition) is 1. The van der Waals surface area contributed by atoms with Gasteiger partial charge in [-0.1, -0.05) is 44.0 Å². The maximum absolute atomic E-state index is 12.1. The Morgan fingerprint density at radius 3 is 2.54 bits per heavy atom. The van der Waals surface area contributed by atoms with E-state index in [0.29, 0.717) is 6.54 Å². The van der Waals surface area contributed by atoms with Crippen molar-refractivity contribution in [2.24, 2.45) is 0 Å². The SMILES string of the molecule is CC.O=C1NCCc2c(C#Cc3ccccc3)[nH]c3cccc1c23. The minimum Gasteiger partial charge on any atom is -0.352 e. The lowest BCUT2D eigenvalue weighted by atomic mass is 10.0. The Balaban J connectivity index is 0.000000815. The highest BCUT2D eigenvalue weighted by Crippen LogP contribution is 2.27. The topological polar surface area (TPSA) is 44.9 Å². The minimum absolute atomic E-state index is 0.00841. The molecule has 0 bridgehead atoms. The van der Waals surface area contributed by atoms with Crippen molar-refractivity contribution in [3.8, 4) is 11.8 Å². The van der Waals surface area contributed by atoms with Crippen molar-refractivity contribution in [3.63, 3.8) is 0 Å². The van der Waals surface area contributed by atoms with Crippen molar-refractivity contribution in [3.05, 3.63) is 70.9 Å². The molecule has 1 aromatic heterocycles. The maximum atomic E-state index is 12.1. The lowest BCUT2D eigenvalue weighted by Gasteiger charge is -2.00. The van der Waals surface area contributed by atoms with Crippen LogP contribution < -0.4 is 5.32 Å². The summed E-state index contributed by atoms with van der Waals surface area (Å²) in [5.41, 5.74) is 4.72. The second-order valence-corrected chi connectivity index (χ2v) is 5.33. The van der Waals surface area contributed by atoms with Crippen LogP contribution in [0.5, 0.6) is 0 Å². The molecular formula is C21H20N2O. The van der Waals surface area contributed by atoms with Crippen LogP contribution in [0.25, 0.3) is 10.9 Å². The van der Waals surface area contributed by atoms with Crippen molar-refractivity contribution in [1.29, 1.82) is 0 Å². The number of aromatic amines is 1. The summed E-state index contributed by atoms with van der Waals surface area (Å²) in [7, 11) is 0. The summed E-state index contributed by atoms with van der Waals surface area (Å²) >= 11 is 0. The van der Waals surface area contributed by atoms with Crippen molar-refractivity contribution < 1.29 is 4.79 Å². The molecule has 1 amide bonds. The zero-order chi connectivity index (χ0) is 16.9. The van der Waals surface area contributed by atoms with Crippen LogP contribution in [0.15, 0.2) is 48.5 Å². The van der Waals surface area contributed by atoms with Crippen LogP contribution in [-0.4, -0.2) is 17.4 Å². The first kappa shape index (κ1) is 15.9. The number of amides is 1. The molecule has 3 aromatic rings. The Labute approximate surface area is 142 Å². The summed E-state index contributed by atoms with van der Waals surface area (Å²) in [6, 6.07) is 15.7. The summed E-state index contributed by atoms with van der Waals surface area (Å²) in [4.78, 5) is 15.5. The molecule has 1 aliphatic rings. The normalized spacial score (nSPS) is 12.3. The predicted octanol–water partition coefficient (Wildman–Crippen LogP) is 3.88. The fourth-order valence-electron chi connectivity index (χ4n) is 2.92. The second-order valence-electron chi connectivity index (χ2n) is 5.33. The van der Waals surface area contributed by atoms with E-state index in [0.717, 1.165) is 39.7 Å². The fraction of sp³-hybridized carbons (Fsp3) is 0.190. The van der Waals surface area contributed by atoms with Gasteiger partial charge >= 0.3 is 0 Å². The second kappa shape index (κ2) is 7.06. The maximum Gasteiger partial charge on any atom is 0.251 e. The van der Waals surface area contributed by atoms with Crippen LogP contribution >= 0.6 is 0 Å². The molecule has 2 heterocycles. The third kappa shape index (κ3) is 2.91. The Hall–Kier alpha value is -2.99. The molecule has 0 aliphatic carbocycles. The van der Waals surface area contributed by atoms with E-state index in [-0.39, 0.29) is 5.91 Å². The number of carbonyl (C=O) groups excluding carboxylic acids is 1. The van der Waals surface area contributed by atoms with Crippen molar-refractivity contribution in [2.75, 3.05) is 6.54 Å². The number of nitrogens with one attached hydrogen (secondary N) is 2. The zero-order valence-electron chi connectivity index (χ0n) is 13.9. The molecule has 0 fully saturated rings. The van der Waals surface area contributed by atoms with Gasteiger partial charge in [0.05, 0.1) is 5.69 Å². The molecule has 24 heavy (non-hydrogen) atoms. The van der Waals surface area contributed by atoms with Gasteiger partial charge < -0.3 is 10.3 Å². The Morgan fingerprint density at radius 2 is 1.75 bits per heavy atom. The fourth-order valence-corrected chi connectivity index (χ4v) is 2.92. The van der Waals surface area contributed by atoms with Crippen molar-refractivity contribution in [1.82, 2.24) is 10.3 Å². The monoisotopic (exact) mass is 316 g/mol. The Kier molecular flexibility index (Phi) is 4.67. The minimum atomic E-state index is -0.00841. The quantitative estimate of drug-likeness (QED) is 0.607. The molecule has 4 rings (SSSR count). The average Bonchev–Trinajstić information content (AvgIpc) is 2.90. The highest BCUT2D eigenvalue weighted by atomic mass is 16.1. The third-order valence-corrected chi connectivity index (χ3v) is 3.94. The van der Waals surface area contributed by atoms with Gasteiger partial charge in [-0.3, -0.25) is 4.79 Å². The van der Waals surface area contributed by atoms with E-state index in [1.54, 1.807) is 0 Å². The van der Waals surface area contributed by atoms with Crippen molar-refractivity contribution >= 4 is 16.8 Å². The lowest BCUT2D eigenvalue weighted by Crippen LogP contribution is -2.23. The van der Waals surface area contributed by atoms with E-state index < -0.39 is 0 Å². The van der Waals surface area contributed by atoms with Crippen LogP contribution in [0, 0.1) is 11.8 Å². The van der Waals surface area contributed by atoms with Gasteiger partial charge in [0.2, 0.25) is 0 Å². The van der Waals surface area contributed by atoms with Gasteiger partial charge in [-0.25, -0.2) is 0 Å². The molecule has 1 aliphatic heterocycles. The highest BCUT2D eigenvalue weighted by molar-refractivity contribution is 6.09. The molecule has 0 unspecified atom stereocenters.